The number of hydrogen-bond acceptors (Lipinski definition) is 2. The van der Waals surface area contributed by atoms with Crippen LogP contribution in [0.2, 0.25) is 0 Å². The van der Waals surface area contributed by atoms with E-state index in [1.54, 1.807) is 24.5 Å². The number of ether oxygens (including phenoxy) is 1. The zero-order chi connectivity index (χ0) is 26.2. The molecule has 0 spiro atoms. The van der Waals surface area contributed by atoms with Crippen molar-refractivity contribution in [3.8, 4) is 5.75 Å². The first-order valence-corrected chi connectivity index (χ1v) is 15.4. The Morgan fingerprint density at radius 2 is 1.81 bits per heavy atom. The van der Waals surface area contributed by atoms with Crippen LogP contribution < -0.4 is 4.74 Å². The van der Waals surface area contributed by atoms with Crippen LogP contribution in [0.1, 0.15) is 122 Å². The maximum atomic E-state index is 11.4. The third kappa shape index (κ3) is 5.01. The van der Waals surface area contributed by atoms with Gasteiger partial charge in [-0.05, 0) is 135 Å². The van der Waals surface area contributed by atoms with Crippen LogP contribution in [0.5, 0.6) is 5.75 Å². The minimum absolute atomic E-state index is 0.213. The number of allylic oxidation sites excluding steroid dienone is 1. The van der Waals surface area contributed by atoms with Crippen molar-refractivity contribution in [2.75, 3.05) is 0 Å². The first kappa shape index (κ1) is 26.8. The van der Waals surface area contributed by atoms with Crippen LogP contribution in [0.4, 0.5) is 0 Å². The van der Waals surface area contributed by atoms with E-state index in [0.717, 1.165) is 41.9 Å². The van der Waals surface area contributed by atoms with E-state index in [0.29, 0.717) is 16.6 Å². The van der Waals surface area contributed by atoms with Crippen LogP contribution in [0.25, 0.3) is 0 Å². The smallest absolute Gasteiger partial charge is 0.339 e. The lowest BCUT2D eigenvalue weighted by Gasteiger charge is -2.61. The van der Waals surface area contributed by atoms with Gasteiger partial charge >= 0.3 is 5.97 Å². The molecule has 1 aromatic rings. The van der Waals surface area contributed by atoms with Gasteiger partial charge in [0.15, 0.2) is 0 Å². The first-order chi connectivity index (χ1) is 17.7. The Morgan fingerprint density at radius 1 is 1.03 bits per heavy atom. The van der Waals surface area contributed by atoms with Crippen LogP contribution >= 0.6 is 0 Å². The second kappa shape index (κ2) is 10.8. The van der Waals surface area contributed by atoms with Crippen LogP contribution in [-0.4, -0.2) is 11.1 Å². The lowest BCUT2D eigenvalue weighted by atomic mass is 9.44. The molecule has 1 unspecified atom stereocenters. The highest BCUT2D eigenvalue weighted by molar-refractivity contribution is 5.90. The summed E-state index contributed by atoms with van der Waals surface area (Å²) in [6.07, 6.45) is 20.1. The summed E-state index contributed by atoms with van der Waals surface area (Å²) in [6.45, 7) is 10.0. The maximum absolute atomic E-state index is 11.4. The van der Waals surface area contributed by atoms with Crippen molar-refractivity contribution in [3.05, 3.63) is 41.7 Å². The molecular formula is C34H50O3. The number of benzene rings is 1. The van der Waals surface area contributed by atoms with Gasteiger partial charge in [-0.3, -0.25) is 0 Å². The molecule has 1 aromatic carbocycles. The summed E-state index contributed by atoms with van der Waals surface area (Å²) < 4.78 is 5.76. The van der Waals surface area contributed by atoms with Gasteiger partial charge in [-0.2, -0.15) is 0 Å². The summed E-state index contributed by atoms with van der Waals surface area (Å²) in [6, 6.07) is 6.86. The van der Waals surface area contributed by atoms with E-state index in [2.05, 4.69) is 27.7 Å². The number of rotatable bonds is 8. The SMILES string of the molecule is CC(=COc1ccccc1C(=O)O)CCC[C@@H](C)[C@H]1CC[C@H]2[C@@H]3CCC4CCCC[C@]4(C)[C@H]3CC[C@]12C. The normalized spacial score (nSPS) is 38.3. The number of hydrogen-bond donors (Lipinski definition) is 1. The quantitative estimate of drug-likeness (QED) is 0.357. The molecule has 0 amide bonds. The maximum Gasteiger partial charge on any atom is 0.339 e. The molecule has 204 valence electrons. The molecule has 1 N–H and O–H groups in total. The fraction of sp³-hybridized carbons (Fsp3) is 0.735. The zero-order valence-electron chi connectivity index (χ0n) is 23.8. The Morgan fingerprint density at radius 3 is 2.62 bits per heavy atom. The molecule has 4 fully saturated rings. The molecule has 5 rings (SSSR count). The minimum Gasteiger partial charge on any atom is -0.478 e. The lowest BCUT2D eigenvalue weighted by molar-refractivity contribution is -0.114. The van der Waals surface area contributed by atoms with Crippen molar-refractivity contribution < 1.29 is 14.6 Å². The Kier molecular flexibility index (Phi) is 7.81. The fourth-order valence-electron chi connectivity index (χ4n) is 10.1. The van der Waals surface area contributed by atoms with E-state index in [1.807, 2.05) is 6.07 Å². The van der Waals surface area contributed by atoms with Gasteiger partial charge in [0.25, 0.3) is 0 Å². The van der Waals surface area contributed by atoms with E-state index in [9.17, 15) is 9.90 Å². The van der Waals surface area contributed by atoms with E-state index < -0.39 is 5.97 Å². The van der Waals surface area contributed by atoms with E-state index >= 15 is 0 Å². The van der Waals surface area contributed by atoms with Crippen molar-refractivity contribution in [3.63, 3.8) is 0 Å². The predicted molar refractivity (Wildman–Crippen MR) is 151 cm³/mol. The van der Waals surface area contributed by atoms with Gasteiger partial charge in [-0.25, -0.2) is 4.79 Å². The monoisotopic (exact) mass is 506 g/mol. The molecule has 0 bridgehead atoms. The molecule has 8 atom stereocenters. The van der Waals surface area contributed by atoms with Crippen molar-refractivity contribution in [2.24, 2.45) is 46.3 Å². The highest BCUT2D eigenvalue weighted by atomic mass is 16.5. The molecule has 3 nitrogen and oxygen atoms in total. The van der Waals surface area contributed by atoms with E-state index in [1.165, 1.54) is 82.6 Å². The number of carboxylic acid groups (broad SMARTS) is 1. The second-order valence-electron chi connectivity index (χ2n) is 13.9. The van der Waals surface area contributed by atoms with Gasteiger partial charge in [0.05, 0.1) is 6.26 Å². The molecule has 37 heavy (non-hydrogen) atoms. The van der Waals surface area contributed by atoms with E-state index in [4.69, 9.17) is 4.74 Å². The number of aromatic carboxylic acids is 1. The Labute approximate surface area is 225 Å². The first-order valence-electron chi connectivity index (χ1n) is 15.4. The molecule has 4 aliphatic carbocycles. The lowest BCUT2D eigenvalue weighted by Crippen LogP contribution is -2.53. The summed E-state index contributed by atoms with van der Waals surface area (Å²) in [7, 11) is 0. The topological polar surface area (TPSA) is 46.5 Å². The molecule has 4 saturated carbocycles. The number of para-hydroxylation sites is 1. The highest BCUT2D eigenvalue weighted by Gasteiger charge is 2.60. The Balaban J connectivity index is 1.16. The third-order valence-electron chi connectivity index (χ3n) is 12.1. The fourth-order valence-corrected chi connectivity index (χ4v) is 10.1. The molecule has 4 aliphatic rings. The summed E-state index contributed by atoms with van der Waals surface area (Å²) >= 11 is 0. The van der Waals surface area contributed by atoms with Crippen molar-refractivity contribution >= 4 is 5.97 Å². The predicted octanol–water partition coefficient (Wildman–Crippen LogP) is 9.52. The third-order valence-corrected chi connectivity index (χ3v) is 12.1. The van der Waals surface area contributed by atoms with Crippen molar-refractivity contribution in [1.29, 1.82) is 0 Å². The van der Waals surface area contributed by atoms with Gasteiger partial charge < -0.3 is 9.84 Å². The Hall–Kier alpha value is -1.77. The van der Waals surface area contributed by atoms with Crippen LogP contribution in [0.15, 0.2) is 36.1 Å². The summed E-state index contributed by atoms with van der Waals surface area (Å²) in [5.74, 6) is 5.08. The van der Waals surface area contributed by atoms with Crippen LogP contribution in [0.3, 0.4) is 0 Å². The summed E-state index contributed by atoms with van der Waals surface area (Å²) in [5.41, 5.74) is 2.58. The van der Waals surface area contributed by atoms with Gasteiger partial charge in [0, 0.05) is 0 Å². The number of carboxylic acids is 1. The average molecular weight is 507 g/mol. The van der Waals surface area contributed by atoms with E-state index in [-0.39, 0.29) is 5.56 Å². The average Bonchev–Trinajstić information content (AvgIpc) is 3.24. The van der Waals surface area contributed by atoms with Crippen molar-refractivity contribution in [1.82, 2.24) is 0 Å². The van der Waals surface area contributed by atoms with Crippen LogP contribution in [-0.2, 0) is 0 Å². The van der Waals surface area contributed by atoms with Gasteiger partial charge in [0.2, 0.25) is 0 Å². The molecule has 0 radical (unpaired) electrons. The molecule has 0 aliphatic heterocycles. The van der Waals surface area contributed by atoms with Gasteiger partial charge in [-0.15, -0.1) is 0 Å². The summed E-state index contributed by atoms with van der Waals surface area (Å²) in [4.78, 5) is 11.4. The number of carbonyl (C=O) groups is 1. The minimum atomic E-state index is -0.950. The molecule has 0 heterocycles. The number of fused-ring (bicyclic) bond motifs is 5. The highest BCUT2D eigenvalue weighted by Crippen LogP contribution is 2.68. The second-order valence-corrected chi connectivity index (χ2v) is 13.9. The molecule has 0 saturated heterocycles. The zero-order valence-corrected chi connectivity index (χ0v) is 23.8. The van der Waals surface area contributed by atoms with Crippen molar-refractivity contribution in [2.45, 2.75) is 111 Å². The summed E-state index contributed by atoms with van der Waals surface area (Å²) in [5, 5.41) is 9.37. The molecule has 0 aromatic heterocycles. The largest absolute Gasteiger partial charge is 0.478 e. The molecule has 3 heteroatoms. The van der Waals surface area contributed by atoms with Gasteiger partial charge in [0.1, 0.15) is 11.3 Å². The molecular weight excluding hydrogens is 456 g/mol. The van der Waals surface area contributed by atoms with Crippen LogP contribution in [0, 0.1) is 46.3 Å². The van der Waals surface area contributed by atoms with Gasteiger partial charge in [-0.1, -0.05) is 52.2 Å². The Bertz CT molecular complexity index is 997. The standard InChI is InChI=1S/C34H50O3/c1-23(22-37-31-14-6-5-13-27(31)32(35)36)10-9-11-24(2)28-17-18-29-26-16-15-25-12-7-8-20-33(25,3)30(26)19-21-34(28,29)4/h5-6,13-14,22,24-26,28-30H,7-12,15-21H2,1-4H3,(H,35,36)/t24-,25?,26+,28-,29+,30+,33+,34-/m1/s1.